The van der Waals surface area contributed by atoms with Crippen molar-refractivity contribution in [1.82, 2.24) is 0 Å². The van der Waals surface area contributed by atoms with E-state index in [1.54, 1.807) is 0 Å². The Hall–Kier alpha value is -0.740. The van der Waals surface area contributed by atoms with Gasteiger partial charge in [-0.3, -0.25) is 0 Å². The van der Waals surface area contributed by atoms with Crippen molar-refractivity contribution in [3.05, 3.63) is 22.7 Å². The van der Waals surface area contributed by atoms with Crippen LogP contribution in [0.15, 0.2) is 22.7 Å². The van der Waals surface area contributed by atoms with Crippen LogP contribution in [-0.4, -0.2) is 24.3 Å². The largest absolute Gasteiger partial charge is 0.397 e. The summed E-state index contributed by atoms with van der Waals surface area (Å²) >= 11 is 3.40. The molecular formula is C12H17BrN2O. The van der Waals surface area contributed by atoms with Crippen LogP contribution < -0.4 is 10.6 Å². The molecule has 0 saturated heterocycles. The van der Waals surface area contributed by atoms with E-state index >= 15 is 0 Å². The van der Waals surface area contributed by atoms with E-state index in [9.17, 15) is 0 Å². The summed E-state index contributed by atoms with van der Waals surface area (Å²) in [6, 6.07) is 6.48. The summed E-state index contributed by atoms with van der Waals surface area (Å²) in [6.45, 7) is 0.836. The molecule has 1 aromatic carbocycles. The summed E-state index contributed by atoms with van der Waals surface area (Å²) < 4.78 is 0.992. The molecule has 0 radical (unpaired) electrons. The first-order valence-corrected chi connectivity index (χ1v) is 6.44. The van der Waals surface area contributed by atoms with Crippen LogP contribution in [-0.2, 0) is 0 Å². The molecule has 0 aromatic heterocycles. The molecule has 0 atom stereocenters. The Bertz CT molecular complexity index is 366. The number of hydrogen-bond acceptors (Lipinski definition) is 3. The number of anilines is 2. The number of aliphatic hydroxyl groups excluding tert-OH is 1. The number of aliphatic hydroxyl groups is 1. The zero-order chi connectivity index (χ0) is 11.5. The standard InChI is InChI=1S/C12H17BrN2O/c13-9-4-5-12(11(14)8-9)15(6-7-16)10-2-1-3-10/h4-5,8,10,16H,1-3,6-7,14H2. The van der Waals surface area contributed by atoms with Gasteiger partial charge in [0.15, 0.2) is 0 Å². The number of nitrogen functional groups attached to an aromatic ring is 1. The molecule has 1 saturated carbocycles. The number of nitrogens with zero attached hydrogens (tertiary/aromatic N) is 1. The van der Waals surface area contributed by atoms with Crippen molar-refractivity contribution in [1.29, 1.82) is 0 Å². The lowest BCUT2D eigenvalue weighted by molar-refractivity contribution is 0.284. The Kier molecular flexibility index (Phi) is 3.71. The summed E-state index contributed by atoms with van der Waals surface area (Å²) in [5.41, 5.74) is 7.83. The van der Waals surface area contributed by atoms with E-state index in [0.717, 1.165) is 15.8 Å². The zero-order valence-electron chi connectivity index (χ0n) is 9.19. The van der Waals surface area contributed by atoms with Gasteiger partial charge in [0.05, 0.1) is 18.0 Å². The lowest BCUT2D eigenvalue weighted by Crippen LogP contribution is -2.42. The normalized spacial score (nSPS) is 15.9. The fourth-order valence-electron chi connectivity index (χ4n) is 2.09. The minimum atomic E-state index is 0.173. The molecule has 3 nitrogen and oxygen atoms in total. The first-order chi connectivity index (χ1) is 7.72. The van der Waals surface area contributed by atoms with Crippen LogP contribution in [0.2, 0.25) is 0 Å². The van der Waals surface area contributed by atoms with Gasteiger partial charge in [-0.2, -0.15) is 0 Å². The molecule has 88 valence electrons. The fraction of sp³-hybridized carbons (Fsp3) is 0.500. The molecule has 0 heterocycles. The van der Waals surface area contributed by atoms with E-state index in [4.69, 9.17) is 10.8 Å². The lowest BCUT2D eigenvalue weighted by Gasteiger charge is -2.39. The van der Waals surface area contributed by atoms with Gasteiger partial charge >= 0.3 is 0 Å². The van der Waals surface area contributed by atoms with Crippen molar-refractivity contribution in [2.45, 2.75) is 25.3 Å². The maximum absolute atomic E-state index is 9.12. The SMILES string of the molecule is Nc1cc(Br)ccc1N(CCO)C1CCC1. The quantitative estimate of drug-likeness (QED) is 0.835. The molecule has 16 heavy (non-hydrogen) atoms. The topological polar surface area (TPSA) is 49.5 Å². The number of benzene rings is 1. The smallest absolute Gasteiger partial charge is 0.0606 e. The molecule has 1 aliphatic carbocycles. The Morgan fingerprint density at radius 2 is 2.19 bits per heavy atom. The molecule has 1 fully saturated rings. The first-order valence-electron chi connectivity index (χ1n) is 5.65. The average Bonchev–Trinajstić information content (AvgIpc) is 2.14. The Labute approximate surface area is 104 Å². The van der Waals surface area contributed by atoms with Crippen molar-refractivity contribution in [2.24, 2.45) is 0 Å². The summed E-state index contributed by atoms with van der Waals surface area (Å²) in [5, 5.41) is 9.12. The predicted molar refractivity (Wildman–Crippen MR) is 70.6 cm³/mol. The lowest BCUT2D eigenvalue weighted by atomic mass is 9.91. The summed E-state index contributed by atoms with van der Waals surface area (Å²) in [7, 11) is 0. The summed E-state index contributed by atoms with van der Waals surface area (Å²) in [6.07, 6.45) is 3.69. The van der Waals surface area contributed by atoms with Crippen LogP contribution in [0.3, 0.4) is 0 Å². The summed E-state index contributed by atoms with van der Waals surface area (Å²) in [5.74, 6) is 0. The highest BCUT2D eigenvalue weighted by Gasteiger charge is 2.25. The van der Waals surface area contributed by atoms with Crippen molar-refractivity contribution in [2.75, 3.05) is 23.8 Å². The van der Waals surface area contributed by atoms with E-state index in [1.165, 1.54) is 19.3 Å². The Morgan fingerprint density at radius 1 is 1.44 bits per heavy atom. The van der Waals surface area contributed by atoms with Crippen LogP contribution in [0.1, 0.15) is 19.3 Å². The third-order valence-corrected chi connectivity index (χ3v) is 3.65. The van der Waals surface area contributed by atoms with Gasteiger partial charge in [0.1, 0.15) is 0 Å². The molecule has 4 heteroatoms. The number of hydrogen-bond donors (Lipinski definition) is 2. The van der Waals surface area contributed by atoms with E-state index in [0.29, 0.717) is 12.6 Å². The van der Waals surface area contributed by atoms with Crippen molar-refractivity contribution in [3.63, 3.8) is 0 Å². The van der Waals surface area contributed by atoms with E-state index < -0.39 is 0 Å². The highest BCUT2D eigenvalue weighted by Crippen LogP contribution is 2.33. The Balaban J connectivity index is 2.23. The molecule has 0 aliphatic heterocycles. The van der Waals surface area contributed by atoms with Gasteiger partial charge in [0.25, 0.3) is 0 Å². The number of rotatable bonds is 4. The van der Waals surface area contributed by atoms with Gasteiger partial charge in [-0.25, -0.2) is 0 Å². The number of nitrogens with two attached hydrogens (primary N) is 1. The van der Waals surface area contributed by atoms with Gasteiger partial charge in [-0.15, -0.1) is 0 Å². The molecule has 1 aromatic rings. The van der Waals surface area contributed by atoms with Crippen LogP contribution in [0.5, 0.6) is 0 Å². The minimum Gasteiger partial charge on any atom is -0.397 e. The Morgan fingerprint density at radius 3 is 2.69 bits per heavy atom. The van der Waals surface area contributed by atoms with Crippen molar-refractivity contribution < 1.29 is 5.11 Å². The van der Waals surface area contributed by atoms with Gasteiger partial charge in [-0.05, 0) is 37.5 Å². The minimum absolute atomic E-state index is 0.173. The molecule has 0 spiro atoms. The maximum atomic E-state index is 9.12. The van der Waals surface area contributed by atoms with Crippen molar-refractivity contribution in [3.8, 4) is 0 Å². The van der Waals surface area contributed by atoms with Gasteiger partial charge < -0.3 is 15.7 Å². The second kappa shape index (κ2) is 5.06. The van der Waals surface area contributed by atoms with Crippen LogP contribution in [0, 0.1) is 0 Å². The van der Waals surface area contributed by atoms with Crippen LogP contribution >= 0.6 is 15.9 Å². The summed E-state index contributed by atoms with van der Waals surface area (Å²) in [4.78, 5) is 2.23. The molecular weight excluding hydrogens is 268 g/mol. The van der Waals surface area contributed by atoms with E-state index in [1.807, 2.05) is 18.2 Å². The van der Waals surface area contributed by atoms with E-state index in [2.05, 4.69) is 20.8 Å². The predicted octanol–water partition coefficient (Wildman–Crippen LogP) is 2.38. The molecule has 0 amide bonds. The van der Waals surface area contributed by atoms with E-state index in [-0.39, 0.29) is 6.61 Å². The first kappa shape index (κ1) is 11.7. The van der Waals surface area contributed by atoms with Gasteiger partial charge in [0, 0.05) is 17.1 Å². The molecule has 2 rings (SSSR count). The molecule has 3 N–H and O–H groups in total. The number of halogens is 1. The average molecular weight is 285 g/mol. The van der Waals surface area contributed by atoms with Crippen molar-refractivity contribution >= 4 is 27.3 Å². The monoisotopic (exact) mass is 284 g/mol. The third kappa shape index (κ3) is 2.33. The molecule has 0 bridgehead atoms. The van der Waals surface area contributed by atoms with Crippen LogP contribution in [0.25, 0.3) is 0 Å². The maximum Gasteiger partial charge on any atom is 0.0606 e. The third-order valence-electron chi connectivity index (χ3n) is 3.16. The molecule has 0 unspecified atom stereocenters. The van der Waals surface area contributed by atoms with Crippen LogP contribution in [0.4, 0.5) is 11.4 Å². The zero-order valence-corrected chi connectivity index (χ0v) is 10.8. The highest BCUT2D eigenvalue weighted by molar-refractivity contribution is 9.10. The van der Waals surface area contributed by atoms with Gasteiger partial charge in [0.2, 0.25) is 0 Å². The molecule has 1 aliphatic rings. The highest BCUT2D eigenvalue weighted by atomic mass is 79.9. The second-order valence-electron chi connectivity index (χ2n) is 4.20. The fourth-order valence-corrected chi connectivity index (χ4v) is 2.47. The second-order valence-corrected chi connectivity index (χ2v) is 5.12. The van der Waals surface area contributed by atoms with Gasteiger partial charge in [-0.1, -0.05) is 15.9 Å².